The molecule has 1 aromatic heterocycles. The van der Waals surface area contributed by atoms with Gasteiger partial charge >= 0.3 is 6.18 Å². The predicted molar refractivity (Wildman–Crippen MR) is 69.9 cm³/mol. The molecular weight excluding hydrogens is 323 g/mol. The van der Waals surface area contributed by atoms with Crippen LogP contribution in [0.1, 0.15) is 11.4 Å². The highest BCUT2D eigenvalue weighted by atomic mass is 79.9. The first-order chi connectivity index (χ1) is 8.97. The molecule has 0 atom stereocenters. The maximum Gasteiger partial charge on any atom is 0.418 e. The van der Waals surface area contributed by atoms with Crippen molar-refractivity contribution in [1.82, 2.24) is 9.97 Å². The van der Waals surface area contributed by atoms with Crippen molar-refractivity contribution in [3.63, 3.8) is 0 Å². The van der Waals surface area contributed by atoms with E-state index in [4.69, 9.17) is 0 Å². The topological polar surface area (TPSA) is 40.7 Å². The van der Waals surface area contributed by atoms with Crippen LogP contribution in [0.4, 0.5) is 18.9 Å². The molecule has 0 unspecified atom stereocenters. The molecule has 0 saturated heterocycles. The van der Waals surface area contributed by atoms with Gasteiger partial charge in [-0.3, -0.25) is 0 Å². The number of nitrogens with one attached hydrogen (secondary N) is 2. The second-order valence-corrected chi connectivity index (χ2v) is 4.82. The smallest absolute Gasteiger partial charge is 0.384 e. The predicted octanol–water partition coefficient (Wildman–Crippen LogP) is 3.85. The van der Waals surface area contributed by atoms with Crippen LogP contribution < -0.4 is 5.32 Å². The maximum atomic E-state index is 12.8. The Balaban J connectivity index is 2.07. The third kappa shape index (κ3) is 3.73. The van der Waals surface area contributed by atoms with E-state index in [-0.39, 0.29) is 5.69 Å². The van der Waals surface area contributed by atoms with Gasteiger partial charge in [0.05, 0.1) is 5.56 Å². The largest absolute Gasteiger partial charge is 0.418 e. The summed E-state index contributed by atoms with van der Waals surface area (Å²) >= 11 is 3.05. The molecule has 0 aliphatic carbocycles. The zero-order valence-electron chi connectivity index (χ0n) is 9.76. The second-order valence-electron chi connectivity index (χ2n) is 3.90. The summed E-state index contributed by atoms with van der Waals surface area (Å²) in [6.45, 7) is 0.373. The Morgan fingerprint density at radius 3 is 2.74 bits per heavy atom. The molecule has 2 rings (SSSR count). The molecular formula is C12H11BrF3N3. The van der Waals surface area contributed by atoms with Gasteiger partial charge < -0.3 is 10.3 Å². The van der Waals surface area contributed by atoms with Gasteiger partial charge in [0.1, 0.15) is 5.82 Å². The van der Waals surface area contributed by atoms with E-state index in [0.29, 0.717) is 17.4 Å². The van der Waals surface area contributed by atoms with Crippen LogP contribution in [0.2, 0.25) is 0 Å². The fourth-order valence-corrected chi connectivity index (χ4v) is 2.02. The van der Waals surface area contributed by atoms with Crippen LogP contribution in [-0.4, -0.2) is 16.5 Å². The Bertz CT molecular complexity index is 538. The molecule has 0 aliphatic rings. The number of benzene rings is 1. The summed E-state index contributed by atoms with van der Waals surface area (Å²) in [5, 5.41) is 2.78. The van der Waals surface area contributed by atoms with Gasteiger partial charge in [0.15, 0.2) is 0 Å². The van der Waals surface area contributed by atoms with Crippen LogP contribution in [0.25, 0.3) is 0 Å². The molecule has 1 aromatic carbocycles. The Kier molecular flexibility index (Phi) is 4.14. The summed E-state index contributed by atoms with van der Waals surface area (Å²) in [6.07, 6.45) is -0.566. The van der Waals surface area contributed by atoms with E-state index < -0.39 is 11.7 Å². The van der Waals surface area contributed by atoms with Crippen LogP contribution >= 0.6 is 15.9 Å². The van der Waals surface area contributed by atoms with Gasteiger partial charge in [-0.15, -0.1) is 0 Å². The van der Waals surface area contributed by atoms with E-state index >= 15 is 0 Å². The highest BCUT2D eigenvalue weighted by Gasteiger charge is 2.33. The minimum atomic E-state index is -4.38. The number of imidazole rings is 1. The molecule has 0 bridgehead atoms. The van der Waals surface area contributed by atoms with E-state index in [1.54, 1.807) is 18.5 Å². The monoisotopic (exact) mass is 333 g/mol. The molecule has 0 spiro atoms. The van der Waals surface area contributed by atoms with Crippen LogP contribution in [0, 0.1) is 0 Å². The number of hydrogen-bond acceptors (Lipinski definition) is 2. The molecule has 2 N–H and O–H groups in total. The van der Waals surface area contributed by atoms with Gasteiger partial charge in [-0.05, 0) is 18.2 Å². The van der Waals surface area contributed by atoms with Crippen LogP contribution in [-0.2, 0) is 12.6 Å². The Morgan fingerprint density at radius 1 is 1.32 bits per heavy atom. The Labute approximate surface area is 116 Å². The zero-order chi connectivity index (χ0) is 13.9. The summed E-state index contributed by atoms with van der Waals surface area (Å²) in [6, 6.07) is 4.05. The van der Waals surface area contributed by atoms with E-state index in [9.17, 15) is 13.2 Å². The van der Waals surface area contributed by atoms with Crippen molar-refractivity contribution in [3.05, 3.63) is 46.5 Å². The van der Waals surface area contributed by atoms with Gasteiger partial charge in [-0.25, -0.2) is 4.98 Å². The van der Waals surface area contributed by atoms with Gasteiger partial charge in [-0.2, -0.15) is 13.2 Å². The molecule has 0 fully saturated rings. The van der Waals surface area contributed by atoms with Crippen LogP contribution in [0.3, 0.4) is 0 Å². The standard InChI is InChI=1S/C12H11BrF3N3/c13-8-1-2-10(9(7-8)12(14,15)16)17-4-3-11-18-5-6-19-11/h1-2,5-7,17H,3-4H2,(H,18,19). The molecule has 0 amide bonds. The lowest BCUT2D eigenvalue weighted by molar-refractivity contribution is -0.137. The number of H-pyrrole nitrogens is 1. The molecule has 1 heterocycles. The highest BCUT2D eigenvalue weighted by Crippen LogP contribution is 2.36. The average Bonchev–Trinajstić information content (AvgIpc) is 2.83. The lowest BCUT2D eigenvalue weighted by Gasteiger charge is -2.14. The quantitative estimate of drug-likeness (QED) is 0.892. The molecule has 2 aromatic rings. The molecule has 3 nitrogen and oxygen atoms in total. The summed E-state index contributed by atoms with van der Waals surface area (Å²) < 4.78 is 38.9. The Morgan fingerprint density at radius 2 is 2.11 bits per heavy atom. The number of rotatable bonds is 4. The maximum absolute atomic E-state index is 12.8. The second kappa shape index (κ2) is 5.64. The van der Waals surface area contributed by atoms with Crippen molar-refractivity contribution >= 4 is 21.6 Å². The number of halogens is 4. The van der Waals surface area contributed by atoms with Crippen molar-refractivity contribution in [1.29, 1.82) is 0 Å². The summed E-state index contributed by atoms with van der Waals surface area (Å²) in [4.78, 5) is 6.90. The third-order valence-corrected chi connectivity index (χ3v) is 3.01. The number of aromatic nitrogens is 2. The van der Waals surface area contributed by atoms with Crippen LogP contribution in [0.15, 0.2) is 35.1 Å². The fraction of sp³-hybridized carbons (Fsp3) is 0.250. The molecule has 0 aliphatic heterocycles. The summed E-state index contributed by atoms with van der Waals surface area (Å²) in [5.74, 6) is 0.734. The van der Waals surface area contributed by atoms with Crippen molar-refractivity contribution in [3.8, 4) is 0 Å². The zero-order valence-corrected chi connectivity index (χ0v) is 11.3. The van der Waals surface area contributed by atoms with Gasteiger partial charge in [0.25, 0.3) is 0 Å². The minimum Gasteiger partial charge on any atom is -0.384 e. The number of aromatic amines is 1. The molecule has 7 heteroatoms. The lowest BCUT2D eigenvalue weighted by atomic mass is 10.1. The first-order valence-electron chi connectivity index (χ1n) is 5.55. The highest BCUT2D eigenvalue weighted by molar-refractivity contribution is 9.10. The van der Waals surface area contributed by atoms with E-state index in [1.807, 2.05) is 0 Å². The number of hydrogen-bond donors (Lipinski definition) is 2. The van der Waals surface area contributed by atoms with Gasteiger partial charge in [0.2, 0.25) is 0 Å². The first kappa shape index (κ1) is 13.9. The molecule has 19 heavy (non-hydrogen) atoms. The SMILES string of the molecule is FC(F)(F)c1cc(Br)ccc1NCCc1ncc[nH]1. The molecule has 102 valence electrons. The van der Waals surface area contributed by atoms with E-state index in [0.717, 1.165) is 11.9 Å². The van der Waals surface area contributed by atoms with Crippen molar-refractivity contribution in [2.45, 2.75) is 12.6 Å². The number of alkyl halides is 3. The number of anilines is 1. The van der Waals surface area contributed by atoms with E-state index in [2.05, 4.69) is 31.2 Å². The molecule has 0 radical (unpaired) electrons. The molecule has 0 saturated carbocycles. The summed E-state index contributed by atoms with van der Waals surface area (Å²) in [5.41, 5.74) is -0.608. The van der Waals surface area contributed by atoms with Crippen molar-refractivity contribution in [2.24, 2.45) is 0 Å². The third-order valence-electron chi connectivity index (χ3n) is 2.52. The fourth-order valence-electron chi connectivity index (χ4n) is 1.66. The van der Waals surface area contributed by atoms with Crippen molar-refractivity contribution < 1.29 is 13.2 Å². The van der Waals surface area contributed by atoms with E-state index in [1.165, 1.54) is 6.07 Å². The minimum absolute atomic E-state index is 0.0715. The normalized spacial score (nSPS) is 11.6. The van der Waals surface area contributed by atoms with Gasteiger partial charge in [-0.1, -0.05) is 15.9 Å². The lowest BCUT2D eigenvalue weighted by Crippen LogP contribution is -2.13. The van der Waals surface area contributed by atoms with Crippen molar-refractivity contribution in [2.75, 3.05) is 11.9 Å². The number of nitrogens with zero attached hydrogens (tertiary/aromatic N) is 1. The first-order valence-corrected chi connectivity index (χ1v) is 6.35. The Hall–Kier alpha value is -1.50. The summed E-state index contributed by atoms with van der Waals surface area (Å²) in [7, 11) is 0. The van der Waals surface area contributed by atoms with Crippen LogP contribution in [0.5, 0.6) is 0 Å². The average molecular weight is 334 g/mol. The van der Waals surface area contributed by atoms with Gasteiger partial charge in [0, 0.05) is 35.5 Å².